The fourth-order valence-electron chi connectivity index (χ4n) is 2.72. The minimum absolute atomic E-state index is 0.285. The maximum atomic E-state index is 12.4. The van der Waals surface area contributed by atoms with Gasteiger partial charge in [0.2, 0.25) is 0 Å². The second-order valence-electron chi connectivity index (χ2n) is 5.80. The first-order chi connectivity index (χ1) is 13.1. The molecule has 3 N–H and O–H groups in total. The van der Waals surface area contributed by atoms with Crippen LogP contribution in [-0.4, -0.2) is 29.8 Å². The molecule has 1 heterocycles. The van der Waals surface area contributed by atoms with E-state index in [1.807, 2.05) is 48.5 Å². The maximum Gasteiger partial charge on any atom is 0.356 e. The summed E-state index contributed by atoms with van der Waals surface area (Å²) in [7, 11) is 1.60. The number of H-pyrrole nitrogens is 1. The van der Waals surface area contributed by atoms with E-state index >= 15 is 0 Å². The van der Waals surface area contributed by atoms with Gasteiger partial charge in [-0.3, -0.25) is 0 Å². The fraction of sp³-hybridized carbons (Fsp3) is 0.200. The minimum atomic E-state index is -0.443. The molecule has 0 radical (unpaired) electrons. The molecular weight excluding hydrogens is 362 g/mol. The Hall–Kier alpha value is -3.06. The van der Waals surface area contributed by atoms with Crippen molar-refractivity contribution in [2.45, 2.75) is 13.5 Å². The summed E-state index contributed by atoms with van der Waals surface area (Å²) in [4.78, 5) is 15.5. The largest absolute Gasteiger partial charge is 0.497 e. The highest BCUT2D eigenvalue weighted by molar-refractivity contribution is 7.80. The standard InChI is InChI=1S/C20H21N3O3S/c1-3-26-19(24)18-17(15-11-14(25-2)9-10-16(15)22-18)23-20(27)21-12-13-7-5-4-6-8-13/h4-11,22H,3,12H2,1-2H3,(H2,21,23,27). The number of aromatic amines is 1. The summed E-state index contributed by atoms with van der Waals surface area (Å²) < 4.78 is 10.5. The van der Waals surface area contributed by atoms with E-state index in [0.717, 1.165) is 16.5 Å². The van der Waals surface area contributed by atoms with Gasteiger partial charge >= 0.3 is 5.97 Å². The Balaban J connectivity index is 1.86. The molecule has 0 saturated carbocycles. The summed E-state index contributed by atoms with van der Waals surface area (Å²) in [5, 5.41) is 7.48. The number of ether oxygens (including phenoxy) is 2. The van der Waals surface area contributed by atoms with Crippen LogP contribution in [0.1, 0.15) is 23.0 Å². The molecule has 0 aliphatic heterocycles. The van der Waals surface area contributed by atoms with Gasteiger partial charge in [-0.05, 0) is 42.9 Å². The van der Waals surface area contributed by atoms with E-state index in [-0.39, 0.29) is 6.61 Å². The average molecular weight is 383 g/mol. The van der Waals surface area contributed by atoms with Crippen LogP contribution in [0.3, 0.4) is 0 Å². The van der Waals surface area contributed by atoms with Gasteiger partial charge in [-0.1, -0.05) is 30.3 Å². The van der Waals surface area contributed by atoms with Gasteiger partial charge in [0.05, 0.1) is 19.4 Å². The van der Waals surface area contributed by atoms with Crippen LogP contribution in [0.15, 0.2) is 48.5 Å². The zero-order chi connectivity index (χ0) is 19.2. The topological polar surface area (TPSA) is 75.4 Å². The second kappa shape index (κ2) is 8.55. The number of methoxy groups -OCH3 is 1. The highest BCUT2D eigenvalue weighted by atomic mass is 32.1. The lowest BCUT2D eigenvalue weighted by Gasteiger charge is -2.12. The number of anilines is 1. The Kier molecular flexibility index (Phi) is 5.93. The van der Waals surface area contributed by atoms with E-state index in [1.165, 1.54) is 0 Å². The van der Waals surface area contributed by atoms with Gasteiger partial charge in [0, 0.05) is 17.4 Å². The minimum Gasteiger partial charge on any atom is -0.497 e. The van der Waals surface area contributed by atoms with E-state index in [2.05, 4.69) is 15.6 Å². The monoisotopic (exact) mass is 383 g/mol. The van der Waals surface area contributed by atoms with Crippen LogP contribution in [0.25, 0.3) is 10.9 Å². The number of esters is 1. The number of thiocarbonyl (C=S) groups is 1. The van der Waals surface area contributed by atoms with E-state index < -0.39 is 5.97 Å². The quantitative estimate of drug-likeness (QED) is 0.444. The number of hydrogen-bond donors (Lipinski definition) is 3. The van der Waals surface area contributed by atoms with Crippen molar-refractivity contribution in [1.29, 1.82) is 0 Å². The molecular formula is C20H21N3O3S. The van der Waals surface area contributed by atoms with E-state index in [4.69, 9.17) is 21.7 Å². The van der Waals surface area contributed by atoms with E-state index in [9.17, 15) is 4.79 Å². The number of benzene rings is 2. The molecule has 1 aromatic heterocycles. The molecule has 140 valence electrons. The van der Waals surface area contributed by atoms with Crippen molar-refractivity contribution in [1.82, 2.24) is 10.3 Å². The predicted octanol–water partition coefficient (Wildman–Crippen LogP) is 3.84. The number of hydrogen-bond acceptors (Lipinski definition) is 4. The van der Waals surface area contributed by atoms with Gasteiger partial charge in [0.15, 0.2) is 5.11 Å². The lowest BCUT2D eigenvalue weighted by molar-refractivity contribution is 0.0522. The van der Waals surface area contributed by atoms with Crippen molar-refractivity contribution < 1.29 is 14.3 Å². The number of aromatic nitrogens is 1. The Morgan fingerprint density at radius 1 is 1.19 bits per heavy atom. The van der Waals surface area contributed by atoms with Gasteiger partial charge in [-0.2, -0.15) is 0 Å². The highest BCUT2D eigenvalue weighted by Crippen LogP contribution is 2.31. The summed E-state index contributed by atoms with van der Waals surface area (Å²) in [6.45, 7) is 2.63. The smallest absolute Gasteiger partial charge is 0.356 e. The van der Waals surface area contributed by atoms with E-state index in [0.29, 0.717) is 28.8 Å². The molecule has 0 amide bonds. The number of fused-ring (bicyclic) bond motifs is 1. The molecule has 0 aliphatic carbocycles. The molecule has 3 rings (SSSR count). The number of nitrogens with one attached hydrogen (secondary N) is 3. The first kappa shape index (κ1) is 18.7. The lowest BCUT2D eigenvalue weighted by Crippen LogP contribution is -2.28. The normalized spacial score (nSPS) is 10.4. The molecule has 7 heteroatoms. The van der Waals surface area contributed by atoms with Crippen LogP contribution in [0, 0.1) is 0 Å². The Bertz CT molecular complexity index is 954. The maximum absolute atomic E-state index is 12.4. The first-order valence-corrected chi connectivity index (χ1v) is 8.98. The van der Waals surface area contributed by atoms with Gasteiger partial charge < -0.3 is 25.1 Å². The Labute approximate surface area is 162 Å². The van der Waals surface area contributed by atoms with Gasteiger partial charge in [0.1, 0.15) is 11.4 Å². The van der Waals surface area contributed by atoms with Crippen LogP contribution >= 0.6 is 12.2 Å². The Morgan fingerprint density at radius 2 is 1.96 bits per heavy atom. The second-order valence-corrected chi connectivity index (χ2v) is 6.21. The summed E-state index contributed by atoms with van der Waals surface area (Å²) >= 11 is 5.42. The summed E-state index contributed by atoms with van der Waals surface area (Å²) in [6.07, 6.45) is 0. The number of rotatable bonds is 6. The highest BCUT2D eigenvalue weighted by Gasteiger charge is 2.20. The zero-order valence-corrected chi connectivity index (χ0v) is 16.0. The summed E-state index contributed by atoms with van der Waals surface area (Å²) in [6, 6.07) is 15.4. The third kappa shape index (κ3) is 4.38. The van der Waals surface area contributed by atoms with Crippen molar-refractivity contribution in [3.05, 3.63) is 59.8 Å². The SMILES string of the molecule is CCOC(=O)c1[nH]c2ccc(OC)cc2c1NC(=S)NCc1ccccc1. The van der Waals surface area contributed by atoms with Gasteiger partial charge in [-0.15, -0.1) is 0 Å². The van der Waals surface area contributed by atoms with Crippen molar-refractivity contribution in [2.75, 3.05) is 19.0 Å². The van der Waals surface area contributed by atoms with Gasteiger partial charge in [-0.25, -0.2) is 4.79 Å². The molecule has 0 saturated heterocycles. The van der Waals surface area contributed by atoms with Crippen molar-refractivity contribution in [3.8, 4) is 5.75 Å². The van der Waals surface area contributed by atoms with Crippen LogP contribution in [0.5, 0.6) is 5.75 Å². The van der Waals surface area contributed by atoms with Crippen molar-refractivity contribution in [3.63, 3.8) is 0 Å². The first-order valence-electron chi connectivity index (χ1n) is 8.58. The van der Waals surface area contributed by atoms with Crippen LogP contribution in [0.4, 0.5) is 5.69 Å². The zero-order valence-electron chi connectivity index (χ0n) is 15.2. The molecule has 27 heavy (non-hydrogen) atoms. The molecule has 0 spiro atoms. The molecule has 3 aromatic rings. The molecule has 0 fully saturated rings. The molecule has 0 unspecified atom stereocenters. The molecule has 2 aromatic carbocycles. The average Bonchev–Trinajstić information content (AvgIpc) is 3.05. The number of carbonyl (C=O) groups excluding carboxylic acids is 1. The lowest BCUT2D eigenvalue weighted by atomic mass is 10.2. The Morgan fingerprint density at radius 3 is 2.67 bits per heavy atom. The molecule has 6 nitrogen and oxygen atoms in total. The van der Waals surface area contributed by atoms with Crippen LogP contribution in [-0.2, 0) is 11.3 Å². The third-order valence-electron chi connectivity index (χ3n) is 4.02. The number of carbonyl (C=O) groups is 1. The third-order valence-corrected chi connectivity index (χ3v) is 4.27. The molecule has 0 atom stereocenters. The molecule has 0 aliphatic rings. The molecule has 0 bridgehead atoms. The van der Waals surface area contributed by atoms with Crippen molar-refractivity contribution >= 4 is 39.9 Å². The van der Waals surface area contributed by atoms with Crippen LogP contribution < -0.4 is 15.4 Å². The van der Waals surface area contributed by atoms with E-state index in [1.54, 1.807) is 14.0 Å². The van der Waals surface area contributed by atoms with Crippen LogP contribution in [0.2, 0.25) is 0 Å². The predicted molar refractivity (Wildman–Crippen MR) is 110 cm³/mol. The van der Waals surface area contributed by atoms with Gasteiger partial charge in [0.25, 0.3) is 0 Å². The van der Waals surface area contributed by atoms with Crippen molar-refractivity contribution in [2.24, 2.45) is 0 Å². The summed E-state index contributed by atoms with van der Waals surface area (Å²) in [5.74, 6) is 0.240. The fourth-order valence-corrected chi connectivity index (χ4v) is 2.89. The summed E-state index contributed by atoms with van der Waals surface area (Å²) in [5.41, 5.74) is 2.77.